The van der Waals surface area contributed by atoms with E-state index in [0.717, 1.165) is 0 Å². The summed E-state index contributed by atoms with van der Waals surface area (Å²) in [5.74, 6) is 0. The van der Waals surface area contributed by atoms with Crippen LogP contribution in [0.25, 0.3) is 0 Å². The van der Waals surface area contributed by atoms with E-state index in [4.69, 9.17) is 0 Å². The minimum Gasteiger partial charge on any atom is -0.378 e. The van der Waals surface area contributed by atoms with Crippen molar-refractivity contribution in [2.24, 2.45) is 10.6 Å². The van der Waals surface area contributed by atoms with Gasteiger partial charge in [0.15, 0.2) is 0 Å². The van der Waals surface area contributed by atoms with Gasteiger partial charge in [0, 0.05) is 0 Å². The third kappa shape index (κ3) is 3.33. The van der Waals surface area contributed by atoms with Gasteiger partial charge in [-0.1, -0.05) is 4.48 Å². The van der Waals surface area contributed by atoms with Crippen molar-refractivity contribution in [3.63, 3.8) is 0 Å². The van der Waals surface area contributed by atoms with Gasteiger partial charge in [0.05, 0.1) is 10.6 Å². The molecule has 3 nitrogen and oxygen atoms in total. The van der Waals surface area contributed by atoms with Gasteiger partial charge in [0.25, 0.3) is 0 Å². The summed E-state index contributed by atoms with van der Waals surface area (Å²) in [7, 11) is 0. The second kappa shape index (κ2) is 4.33. The van der Waals surface area contributed by atoms with Crippen LogP contribution in [0.15, 0.2) is 10.6 Å². The molecule has 0 aromatic carbocycles. The van der Waals surface area contributed by atoms with Crippen LogP contribution in [0, 0.1) is 0 Å². The molecular formula is C2H5FN2O. The fourth-order valence-corrected chi connectivity index (χ4v) is 0.0796. The van der Waals surface area contributed by atoms with Gasteiger partial charge in [-0.2, -0.15) is 0 Å². The topological polar surface area (TPSA) is 34.0 Å². The third-order valence-corrected chi connectivity index (χ3v) is 0.218. The highest BCUT2D eigenvalue weighted by atomic mass is 19.2. The Balaban J connectivity index is 2.66. The molecule has 0 fully saturated rings. The van der Waals surface area contributed by atoms with Gasteiger partial charge >= 0.3 is 0 Å². The summed E-state index contributed by atoms with van der Waals surface area (Å²) in [5.41, 5.74) is 0. The molecule has 0 aliphatic rings. The molecule has 0 aliphatic carbocycles. The van der Waals surface area contributed by atoms with Crippen molar-refractivity contribution in [3.8, 4) is 0 Å². The standard InChI is InChI=1S/C2H5FN2O/c1-2-6-5-4-3/h2H2,1H3. The van der Waals surface area contributed by atoms with Crippen LogP contribution in [0.1, 0.15) is 6.92 Å². The van der Waals surface area contributed by atoms with Crippen LogP contribution < -0.4 is 0 Å². The Morgan fingerprint density at radius 1 is 1.83 bits per heavy atom. The molecule has 0 rings (SSSR count). The van der Waals surface area contributed by atoms with E-state index in [0.29, 0.717) is 6.61 Å². The highest BCUT2D eigenvalue weighted by Crippen LogP contribution is 1.75. The van der Waals surface area contributed by atoms with E-state index in [1.807, 2.05) is 5.34 Å². The number of nitrogens with zero attached hydrogens (tertiary/aromatic N) is 2. The molecular weight excluding hydrogens is 87.0 g/mol. The summed E-state index contributed by atoms with van der Waals surface area (Å²) in [5, 5.41) is 4.38. The number of hydrogen-bond donors (Lipinski definition) is 0. The maximum Gasteiger partial charge on any atom is 0.116 e. The highest BCUT2D eigenvalue weighted by molar-refractivity contribution is 3.96. The molecule has 0 atom stereocenters. The summed E-state index contributed by atoms with van der Waals surface area (Å²) >= 11 is 0. The van der Waals surface area contributed by atoms with Crippen LogP contribution in [0.4, 0.5) is 4.48 Å². The van der Waals surface area contributed by atoms with Gasteiger partial charge in [-0.25, -0.2) is 0 Å². The second-order valence-corrected chi connectivity index (χ2v) is 0.575. The monoisotopic (exact) mass is 92.0 g/mol. The van der Waals surface area contributed by atoms with Crippen LogP contribution in [0.5, 0.6) is 0 Å². The fraction of sp³-hybridized carbons (Fsp3) is 1.00. The number of rotatable bonds is 2. The second-order valence-electron chi connectivity index (χ2n) is 0.575. The molecule has 0 heterocycles. The Hall–Kier alpha value is -0.670. The van der Waals surface area contributed by atoms with Gasteiger partial charge in [-0.05, 0) is 6.92 Å². The molecule has 0 spiro atoms. The van der Waals surface area contributed by atoms with E-state index >= 15 is 0 Å². The molecule has 0 saturated carbocycles. The van der Waals surface area contributed by atoms with Crippen molar-refractivity contribution in [2.75, 3.05) is 6.61 Å². The van der Waals surface area contributed by atoms with Crippen LogP contribution >= 0.6 is 0 Å². The first-order chi connectivity index (χ1) is 2.91. The molecule has 0 aliphatic heterocycles. The minimum absolute atomic E-state index is 0.355. The van der Waals surface area contributed by atoms with Crippen molar-refractivity contribution in [1.82, 2.24) is 0 Å². The van der Waals surface area contributed by atoms with Crippen molar-refractivity contribution < 1.29 is 9.32 Å². The predicted octanol–water partition coefficient (Wildman–Crippen LogP) is 1.27. The number of halogens is 1. The summed E-state index contributed by atoms with van der Waals surface area (Å²) < 4.78 is 10.5. The Morgan fingerprint density at radius 2 is 2.50 bits per heavy atom. The molecule has 0 N–H and O–H groups in total. The van der Waals surface area contributed by atoms with Crippen LogP contribution in [0.2, 0.25) is 0 Å². The maximum absolute atomic E-state index is 10.5. The number of hydrogen-bond acceptors (Lipinski definition) is 3. The highest BCUT2D eigenvalue weighted by Gasteiger charge is 1.64. The van der Waals surface area contributed by atoms with Gasteiger partial charge in [0.2, 0.25) is 0 Å². The molecule has 4 heteroatoms. The Kier molecular flexibility index (Phi) is 3.85. The Bertz CT molecular complexity index is 46.8. The normalized spacial score (nSPS) is 9.67. The first kappa shape index (κ1) is 5.33. The van der Waals surface area contributed by atoms with E-state index in [2.05, 4.69) is 10.1 Å². The van der Waals surface area contributed by atoms with Crippen molar-refractivity contribution in [1.29, 1.82) is 0 Å². The van der Waals surface area contributed by atoms with Gasteiger partial charge < -0.3 is 4.84 Å². The Morgan fingerprint density at radius 3 is 2.67 bits per heavy atom. The fourth-order valence-electron chi connectivity index (χ4n) is 0.0796. The van der Waals surface area contributed by atoms with Crippen LogP contribution in [0.3, 0.4) is 0 Å². The molecule has 0 amide bonds. The molecule has 0 saturated heterocycles. The first-order valence-corrected chi connectivity index (χ1v) is 1.55. The molecule has 6 heavy (non-hydrogen) atoms. The van der Waals surface area contributed by atoms with Crippen molar-refractivity contribution in [3.05, 3.63) is 0 Å². The predicted molar refractivity (Wildman–Crippen MR) is 17.6 cm³/mol. The molecule has 0 unspecified atom stereocenters. The van der Waals surface area contributed by atoms with Gasteiger partial charge in [-0.15, -0.1) is 0 Å². The lowest BCUT2D eigenvalue weighted by Crippen LogP contribution is -1.72. The summed E-state index contributed by atoms with van der Waals surface area (Å²) in [6.45, 7) is 2.04. The SMILES string of the molecule is CCON=NF. The largest absolute Gasteiger partial charge is 0.378 e. The van der Waals surface area contributed by atoms with E-state index in [9.17, 15) is 4.48 Å². The maximum atomic E-state index is 10.5. The van der Waals surface area contributed by atoms with Gasteiger partial charge in [-0.3, -0.25) is 0 Å². The molecule has 0 bridgehead atoms. The van der Waals surface area contributed by atoms with E-state index in [1.54, 1.807) is 6.92 Å². The zero-order valence-corrected chi connectivity index (χ0v) is 3.39. The van der Waals surface area contributed by atoms with Crippen LogP contribution in [-0.4, -0.2) is 6.61 Å². The summed E-state index contributed by atoms with van der Waals surface area (Å²) in [6, 6.07) is 0. The molecule has 36 valence electrons. The molecule has 0 radical (unpaired) electrons. The average Bonchev–Trinajstić information content (AvgIpc) is 1.61. The lowest BCUT2D eigenvalue weighted by molar-refractivity contribution is 0.116. The third-order valence-electron chi connectivity index (χ3n) is 0.218. The lowest BCUT2D eigenvalue weighted by Gasteiger charge is -1.80. The van der Waals surface area contributed by atoms with Crippen LogP contribution in [-0.2, 0) is 4.84 Å². The summed E-state index contributed by atoms with van der Waals surface area (Å²) in [6.07, 6.45) is 0. The lowest BCUT2D eigenvalue weighted by atomic mass is 10.9. The summed E-state index contributed by atoms with van der Waals surface area (Å²) in [4.78, 5) is 4.07. The van der Waals surface area contributed by atoms with E-state index in [-0.39, 0.29) is 0 Å². The van der Waals surface area contributed by atoms with E-state index < -0.39 is 0 Å². The average molecular weight is 92.1 g/mol. The zero-order valence-electron chi connectivity index (χ0n) is 3.39. The Labute approximate surface area is 34.7 Å². The van der Waals surface area contributed by atoms with Gasteiger partial charge in [0.1, 0.15) is 6.61 Å². The zero-order chi connectivity index (χ0) is 4.83. The van der Waals surface area contributed by atoms with Crippen molar-refractivity contribution in [2.45, 2.75) is 6.92 Å². The van der Waals surface area contributed by atoms with Crippen molar-refractivity contribution >= 4 is 0 Å². The molecule has 0 aromatic rings. The first-order valence-electron chi connectivity index (χ1n) is 1.55. The van der Waals surface area contributed by atoms with E-state index in [1.165, 1.54) is 0 Å². The smallest absolute Gasteiger partial charge is 0.116 e. The minimum atomic E-state index is 0.355. The quantitative estimate of drug-likeness (QED) is 0.373. The molecule has 0 aromatic heterocycles.